The molecule has 1 aliphatic rings. The average Bonchev–Trinajstić information content (AvgIpc) is 2.26. The Kier molecular flexibility index (Phi) is 3.45. The van der Waals surface area contributed by atoms with Gasteiger partial charge in [0.2, 0.25) is 0 Å². The van der Waals surface area contributed by atoms with E-state index >= 15 is 0 Å². The van der Waals surface area contributed by atoms with E-state index in [-0.39, 0.29) is 0 Å². The van der Waals surface area contributed by atoms with Crippen molar-refractivity contribution in [1.82, 2.24) is 0 Å². The van der Waals surface area contributed by atoms with Crippen LogP contribution in [0.5, 0.6) is 0 Å². The molecule has 1 heterocycles. The number of rotatable bonds is 3. The van der Waals surface area contributed by atoms with Crippen molar-refractivity contribution in [3.63, 3.8) is 0 Å². The smallest absolute Gasteiger partial charge is 0.0720 e. The summed E-state index contributed by atoms with van der Waals surface area (Å²) in [4.78, 5) is 6.10. The van der Waals surface area contributed by atoms with Crippen LogP contribution in [0.2, 0.25) is 0 Å². The Morgan fingerprint density at radius 1 is 1.43 bits per heavy atom. The van der Waals surface area contributed by atoms with E-state index in [9.17, 15) is 0 Å². The molecule has 2 N–H and O–H groups in total. The van der Waals surface area contributed by atoms with Gasteiger partial charge in [-0.1, -0.05) is 18.2 Å². The van der Waals surface area contributed by atoms with Gasteiger partial charge in [-0.15, -0.1) is 11.8 Å². The average molecular weight is 209 g/mol. The third-order valence-electron chi connectivity index (χ3n) is 2.50. The van der Waals surface area contributed by atoms with Crippen molar-refractivity contribution in [2.24, 2.45) is 5.90 Å². The molecule has 0 aliphatic carbocycles. The summed E-state index contributed by atoms with van der Waals surface area (Å²) in [5.41, 5.74) is 2.88. The number of nitrogens with two attached hydrogens (primary N) is 1. The van der Waals surface area contributed by atoms with Crippen LogP contribution >= 0.6 is 11.8 Å². The van der Waals surface area contributed by atoms with Crippen LogP contribution in [0.25, 0.3) is 0 Å². The summed E-state index contributed by atoms with van der Waals surface area (Å²) in [6, 6.07) is 6.54. The van der Waals surface area contributed by atoms with Crippen LogP contribution in [-0.2, 0) is 17.7 Å². The number of hydrogen-bond acceptors (Lipinski definition) is 3. The molecule has 0 aromatic heterocycles. The lowest BCUT2D eigenvalue weighted by Crippen LogP contribution is -2.07. The summed E-state index contributed by atoms with van der Waals surface area (Å²) >= 11 is 1.97. The zero-order chi connectivity index (χ0) is 9.80. The van der Waals surface area contributed by atoms with Crippen molar-refractivity contribution in [1.29, 1.82) is 0 Å². The first-order chi connectivity index (χ1) is 6.92. The maximum Gasteiger partial charge on any atom is 0.0720 e. The lowest BCUT2D eigenvalue weighted by Gasteiger charge is -2.18. The summed E-state index contributed by atoms with van der Waals surface area (Å²) in [6.07, 6.45) is 3.45. The van der Waals surface area contributed by atoms with Crippen LogP contribution in [0.4, 0.5) is 0 Å². The highest BCUT2D eigenvalue weighted by Crippen LogP contribution is 2.33. The van der Waals surface area contributed by atoms with Crippen LogP contribution in [0.3, 0.4) is 0 Å². The molecule has 0 saturated carbocycles. The monoisotopic (exact) mass is 209 g/mol. The Labute approximate surface area is 88.8 Å². The Morgan fingerprint density at radius 3 is 3.21 bits per heavy atom. The predicted octanol–water partition coefficient (Wildman–Crippen LogP) is 2.16. The van der Waals surface area contributed by atoms with Gasteiger partial charge in [0, 0.05) is 4.90 Å². The fourth-order valence-corrected chi connectivity index (χ4v) is 3.03. The lowest BCUT2D eigenvalue weighted by atomic mass is 10.0. The molecule has 14 heavy (non-hydrogen) atoms. The van der Waals surface area contributed by atoms with Crippen LogP contribution in [-0.4, -0.2) is 12.4 Å². The largest absolute Gasteiger partial charge is 0.304 e. The predicted molar refractivity (Wildman–Crippen MR) is 59.3 cm³/mol. The molecule has 1 aliphatic heterocycles. The molecule has 2 nitrogen and oxygen atoms in total. The van der Waals surface area contributed by atoms with Gasteiger partial charge in [0.1, 0.15) is 0 Å². The second-order valence-electron chi connectivity index (χ2n) is 3.48. The summed E-state index contributed by atoms with van der Waals surface area (Å²) in [7, 11) is 0. The number of benzene rings is 1. The van der Waals surface area contributed by atoms with E-state index in [2.05, 4.69) is 23.0 Å². The molecule has 0 amide bonds. The number of aryl methyl sites for hydroxylation is 1. The standard InChI is InChI=1S/C11H15NOS/c12-13-7-6-10-4-1-3-9-5-2-8-14-11(9)10/h1,3-4H,2,5-8,12H2. The molecule has 0 spiro atoms. The fraction of sp³-hybridized carbons (Fsp3) is 0.455. The molecular formula is C11H15NOS. The van der Waals surface area contributed by atoms with E-state index < -0.39 is 0 Å². The van der Waals surface area contributed by atoms with Gasteiger partial charge >= 0.3 is 0 Å². The number of fused-ring (bicyclic) bond motifs is 1. The molecule has 3 heteroatoms. The second kappa shape index (κ2) is 4.82. The molecule has 0 bridgehead atoms. The Balaban J connectivity index is 2.21. The summed E-state index contributed by atoms with van der Waals surface area (Å²) in [5, 5.41) is 0. The van der Waals surface area contributed by atoms with Gasteiger partial charge in [-0.2, -0.15) is 0 Å². The molecule has 76 valence electrons. The summed E-state index contributed by atoms with van der Waals surface area (Å²) < 4.78 is 0. The minimum Gasteiger partial charge on any atom is -0.304 e. The van der Waals surface area contributed by atoms with Gasteiger partial charge in [-0.25, -0.2) is 5.90 Å². The minimum atomic E-state index is 0.608. The zero-order valence-corrected chi connectivity index (χ0v) is 8.98. The van der Waals surface area contributed by atoms with Crippen molar-refractivity contribution in [2.45, 2.75) is 24.2 Å². The van der Waals surface area contributed by atoms with Crippen molar-refractivity contribution in [3.05, 3.63) is 29.3 Å². The van der Waals surface area contributed by atoms with Gasteiger partial charge in [0.15, 0.2) is 0 Å². The third kappa shape index (κ3) is 2.11. The van der Waals surface area contributed by atoms with Gasteiger partial charge in [-0.05, 0) is 36.1 Å². The molecule has 2 rings (SSSR count). The fourth-order valence-electron chi connectivity index (χ4n) is 1.82. The Morgan fingerprint density at radius 2 is 2.36 bits per heavy atom. The van der Waals surface area contributed by atoms with Gasteiger partial charge in [0.25, 0.3) is 0 Å². The summed E-state index contributed by atoms with van der Waals surface area (Å²) in [5.74, 6) is 6.29. The van der Waals surface area contributed by atoms with Crippen molar-refractivity contribution < 1.29 is 4.84 Å². The van der Waals surface area contributed by atoms with E-state index in [1.807, 2.05) is 11.8 Å². The highest BCUT2D eigenvalue weighted by Gasteiger charge is 2.12. The Bertz CT molecular complexity index is 314. The zero-order valence-electron chi connectivity index (χ0n) is 8.16. The SMILES string of the molecule is NOCCc1cccc2c1SCCC2. The molecule has 0 radical (unpaired) electrons. The normalized spacial score (nSPS) is 15.2. The number of thioether (sulfide) groups is 1. The van der Waals surface area contributed by atoms with E-state index in [1.54, 1.807) is 0 Å². The third-order valence-corrected chi connectivity index (χ3v) is 3.81. The first-order valence-electron chi connectivity index (χ1n) is 4.97. The van der Waals surface area contributed by atoms with Gasteiger partial charge in [-0.3, -0.25) is 0 Å². The first kappa shape index (κ1) is 10.0. The van der Waals surface area contributed by atoms with Crippen LogP contribution in [0.15, 0.2) is 23.1 Å². The minimum absolute atomic E-state index is 0.608. The molecule has 0 saturated heterocycles. The molecule has 1 aromatic rings. The van der Waals surface area contributed by atoms with Crippen LogP contribution < -0.4 is 5.90 Å². The lowest BCUT2D eigenvalue weighted by molar-refractivity contribution is 0.141. The quantitative estimate of drug-likeness (QED) is 0.775. The van der Waals surface area contributed by atoms with Crippen LogP contribution in [0.1, 0.15) is 17.5 Å². The topological polar surface area (TPSA) is 35.2 Å². The maximum absolute atomic E-state index is 5.05. The van der Waals surface area contributed by atoms with Crippen LogP contribution in [0, 0.1) is 0 Å². The van der Waals surface area contributed by atoms with E-state index in [4.69, 9.17) is 5.90 Å². The van der Waals surface area contributed by atoms with E-state index in [0.29, 0.717) is 6.61 Å². The maximum atomic E-state index is 5.05. The van der Waals surface area contributed by atoms with Gasteiger partial charge in [0.05, 0.1) is 6.61 Å². The molecule has 0 unspecified atom stereocenters. The first-order valence-corrected chi connectivity index (χ1v) is 5.95. The van der Waals surface area contributed by atoms with Crippen molar-refractivity contribution >= 4 is 11.8 Å². The number of hydrogen-bond donors (Lipinski definition) is 1. The van der Waals surface area contributed by atoms with E-state index in [1.165, 1.54) is 34.6 Å². The molecule has 0 fully saturated rings. The molecule has 0 atom stereocenters. The van der Waals surface area contributed by atoms with Crippen molar-refractivity contribution in [3.8, 4) is 0 Å². The van der Waals surface area contributed by atoms with Crippen molar-refractivity contribution in [2.75, 3.05) is 12.4 Å². The van der Waals surface area contributed by atoms with E-state index in [0.717, 1.165) is 6.42 Å². The van der Waals surface area contributed by atoms with Gasteiger partial charge < -0.3 is 4.84 Å². The Hall–Kier alpha value is -0.510. The second-order valence-corrected chi connectivity index (χ2v) is 4.58. The highest BCUT2D eigenvalue weighted by molar-refractivity contribution is 7.99. The summed E-state index contributed by atoms with van der Waals surface area (Å²) in [6.45, 7) is 0.608. The molecule has 1 aromatic carbocycles. The highest BCUT2D eigenvalue weighted by atomic mass is 32.2. The molecular weight excluding hydrogens is 194 g/mol.